The van der Waals surface area contributed by atoms with Crippen molar-refractivity contribution in [3.05, 3.63) is 29.8 Å². The number of methoxy groups -OCH3 is 1. The lowest BCUT2D eigenvalue weighted by Crippen LogP contribution is -2.52. The summed E-state index contributed by atoms with van der Waals surface area (Å²) in [5.74, 6) is -1.70. The van der Waals surface area contributed by atoms with Crippen molar-refractivity contribution >= 4 is 10.0 Å². The first-order valence-corrected chi connectivity index (χ1v) is 8.48. The molecule has 0 saturated carbocycles. The van der Waals surface area contributed by atoms with Gasteiger partial charge >= 0.3 is 0 Å². The van der Waals surface area contributed by atoms with Crippen molar-refractivity contribution < 1.29 is 21.9 Å². The van der Waals surface area contributed by atoms with Gasteiger partial charge in [-0.25, -0.2) is 17.2 Å². The second kappa shape index (κ2) is 6.99. The van der Waals surface area contributed by atoms with E-state index in [1.807, 2.05) is 6.92 Å². The van der Waals surface area contributed by atoms with E-state index in [9.17, 15) is 17.2 Å². The molecule has 5 nitrogen and oxygen atoms in total. The van der Waals surface area contributed by atoms with Gasteiger partial charge in [-0.05, 0) is 25.1 Å². The summed E-state index contributed by atoms with van der Waals surface area (Å²) in [7, 11) is -2.40. The van der Waals surface area contributed by atoms with E-state index < -0.39 is 26.6 Å². The number of hydrogen-bond donors (Lipinski definition) is 0. The fourth-order valence-corrected chi connectivity index (χ4v) is 4.04. The number of halogens is 2. The van der Waals surface area contributed by atoms with Crippen LogP contribution in [0.2, 0.25) is 0 Å². The van der Waals surface area contributed by atoms with Gasteiger partial charge in [0.1, 0.15) is 16.5 Å². The first kappa shape index (κ1) is 17.3. The Kier molecular flexibility index (Phi) is 5.49. The van der Waals surface area contributed by atoms with Gasteiger partial charge in [0, 0.05) is 39.3 Å². The lowest BCUT2D eigenvalue weighted by molar-refractivity contribution is 0.0766. The largest absolute Gasteiger partial charge is 0.383 e. The van der Waals surface area contributed by atoms with E-state index in [1.165, 1.54) is 4.31 Å². The normalized spacial score (nSPS) is 19.3. The molecule has 1 aliphatic rings. The minimum atomic E-state index is -4.02. The molecular weight excluding hydrogens is 314 g/mol. The third kappa shape index (κ3) is 3.62. The molecule has 124 valence electrons. The fraction of sp³-hybridized carbons (Fsp3) is 0.571. The minimum Gasteiger partial charge on any atom is -0.383 e. The Bertz CT molecular complexity index is 617. The van der Waals surface area contributed by atoms with Crippen LogP contribution in [0, 0.1) is 11.6 Å². The van der Waals surface area contributed by atoms with Crippen molar-refractivity contribution in [3.63, 3.8) is 0 Å². The van der Waals surface area contributed by atoms with Crippen LogP contribution in [0.3, 0.4) is 0 Å². The average molecular weight is 334 g/mol. The number of rotatable bonds is 5. The maximum Gasteiger partial charge on any atom is 0.246 e. The molecule has 0 bridgehead atoms. The summed E-state index contributed by atoms with van der Waals surface area (Å²) < 4.78 is 58.1. The second-order valence-electron chi connectivity index (χ2n) is 5.32. The average Bonchev–Trinajstić information content (AvgIpc) is 2.50. The molecular formula is C14H20F2N2O3S. The van der Waals surface area contributed by atoms with Crippen LogP contribution in [-0.2, 0) is 14.8 Å². The Hall–Kier alpha value is -1.09. The van der Waals surface area contributed by atoms with E-state index in [-0.39, 0.29) is 19.1 Å². The molecule has 0 aliphatic carbocycles. The molecule has 1 fully saturated rings. The summed E-state index contributed by atoms with van der Waals surface area (Å²) in [6, 6.07) is 2.64. The fourth-order valence-electron chi connectivity index (χ4n) is 2.55. The van der Waals surface area contributed by atoms with E-state index in [4.69, 9.17) is 4.74 Å². The van der Waals surface area contributed by atoms with Gasteiger partial charge in [0.25, 0.3) is 0 Å². The highest BCUT2D eigenvalue weighted by Gasteiger charge is 2.32. The summed E-state index contributed by atoms with van der Waals surface area (Å²) in [5.41, 5.74) is 0. The molecule has 1 saturated heterocycles. The molecule has 1 aliphatic heterocycles. The molecule has 22 heavy (non-hydrogen) atoms. The van der Waals surface area contributed by atoms with Crippen LogP contribution >= 0.6 is 0 Å². The van der Waals surface area contributed by atoms with Gasteiger partial charge in [-0.3, -0.25) is 4.90 Å². The Morgan fingerprint density at radius 3 is 2.45 bits per heavy atom. The monoisotopic (exact) mass is 334 g/mol. The summed E-state index contributed by atoms with van der Waals surface area (Å²) in [6.45, 7) is 4.10. The Labute approximate surface area is 129 Å². The summed E-state index contributed by atoms with van der Waals surface area (Å²) >= 11 is 0. The maximum absolute atomic E-state index is 13.7. The number of nitrogens with zero attached hydrogens (tertiary/aromatic N) is 2. The molecule has 0 radical (unpaired) electrons. The van der Waals surface area contributed by atoms with Gasteiger partial charge in [0.2, 0.25) is 10.0 Å². The van der Waals surface area contributed by atoms with Crippen LogP contribution in [0.4, 0.5) is 8.78 Å². The number of sulfonamides is 1. The van der Waals surface area contributed by atoms with Gasteiger partial charge in [0.05, 0.1) is 6.61 Å². The highest BCUT2D eigenvalue weighted by atomic mass is 32.2. The molecule has 0 spiro atoms. The van der Waals surface area contributed by atoms with Crippen LogP contribution < -0.4 is 0 Å². The lowest BCUT2D eigenvalue weighted by Gasteiger charge is -2.37. The Balaban J connectivity index is 2.11. The topological polar surface area (TPSA) is 49.9 Å². The highest BCUT2D eigenvalue weighted by molar-refractivity contribution is 7.89. The van der Waals surface area contributed by atoms with E-state index >= 15 is 0 Å². The van der Waals surface area contributed by atoms with Crippen LogP contribution in [0.1, 0.15) is 6.92 Å². The number of benzene rings is 1. The lowest BCUT2D eigenvalue weighted by atomic mass is 10.2. The first-order chi connectivity index (χ1) is 10.4. The predicted octanol–water partition coefficient (Wildman–Crippen LogP) is 1.31. The van der Waals surface area contributed by atoms with Gasteiger partial charge in [-0.1, -0.05) is 0 Å². The van der Waals surface area contributed by atoms with Gasteiger partial charge in [0.15, 0.2) is 0 Å². The molecule has 0 unspecified atom stereocenters. The van der Waals surface area contributed by atoms with Crippen molar-refractivity contribution in [2.75, 3.05) is 39.9 Å². The van der Waals surface area contributed by atoms with Gasteiger partial charge in [-0.15, -0.1) is 0 Å². The van der Waals surface area contributed by atoms with Gasteiger partial charge in [-0.2, -0.15) is 4.31 Å². The van der Waals surface area contributed by atoms with Gasteiger partial charge < -0.3 is 4.74 Å². The summed E-state index contributed by atoms with van der Waals surface area (Å²) in [5, 5.41) is 0. The van der Waals surface area contributed by atoms with Crippen molar-refractivity contribution in [1.29, 1.82) is 0 Å². The number of piperazine rings is 1. The van der Waals surface area contributed by atoms with Crippen molar-refractivity contribution in [3.8, 4) is 0 Å². The third-order valence-corrected chi connectivity index (χ3v) is 5.73. The van der Waals surface area contributed by atoms with E-state index in [0.717, 1.165) is 18.2 Å². The molecule has 8 heteroatoms. The minimum absolute atomic E-state index is 0.181. The summed E-state index contributed by atoms with van der Waals surface area (Å²) in [4.78, 5) is 1.50. The standard InChI is InChI=1S/C14H20F2N2O3S/c1-11(10-21-2)17-5-7-18(8-6-17)22(19,20)14-9-12(15)3-4-13(14)16/h3-4,9,11H,5-8,10H2,1-2H3/t11-/m0/s1. The van der Waals surface area contributed by atoms with Crippen molar-refractivity contribution in [1.82, 2.24) is 9.21 Å². The molecule has 1 aromatic rings. The zero-order valence-electron chi connectivity index (χ0n) is 12.6. The molecule has 0 N–H and O–H groups in total. The van der Waals surface area contributed by atoms with Crippen LogP contribution in [-0.4, -0.2) is 63.6 Å². The maximum atomic E-state index is 13.7. The molecule has 0 aromatic heterocycles. The van der Waals surface area contributed by atoms with Crippen LogP contribution in [0.25, 0.3) is 0 Å². The third-order valence-electron chi connectivity index (χ3n) is 3.82. The SMILES string of the molecule is COC[C@H](C)N1CCN(S(=O)(=O)c2cc(F)ccc2F)CC1. The van der Waals surface area contributed by atoms with Crippen molar-refractivity contribution in [2.24, 2.45) is 0 Å². The predicted molar refractivity (Wildman–Crippen MR) is 78.0 cm³/mol. The van der Waals surface area contributed by atoms with E-state index in [0.29, 0.717) is 19.7 Å². The van der Waals surface area contributed by atoms with Crippen LogP contribution in [0.15, 0.2) is 23.1 Å². The Morgan fingerprint density at radius 2 is 1.86 bits per heavy atom. The molecule has 2 rings (SSSR count). The summed E-state index contributed by atoms with van der Waals surface area (Å²) in [6.07, 6.45) is 0. The molecule has 1 aromatic carbocycles. The van der Waals surface area contributed by atoms with Crippen LogP contribution in [0.5, 0.6) is 0 Å². The molecule has 0 amide bonds. The quantitative estimate of drug-likeness (QED) is 0.815. The molecule has 1 atom stereocenters. The zero-order chi connectivity index (χ0) is 16.3. The van der Waals surface area contributed by atoms with E-state index in [2.05, 4.69) is 4.90 Å². The second-order valence-corrected chi connectivity index (χ2v) is 7.23. The van der Waals surface area contributed by atoms with E-state index in [1.54, 1.807) is 7.11 Å². The molecule has 1 heterocycles. The highest BCUT2D eigenvalue weighted by Crippen LogP contribution is 2.22. The number of hydrogen-bond acceptors (Lipinski definition) is 4. The van der Waals surface area contributed by atoms with Crippen molar-refractivity contribution in [2.45, 2.75) is 17.9 Å². The number of ether oxygens (including phenoxy) is 1. The Morgan fingerprint density at radius 1 is 1.23 bits per heavy atom. The zero-order valence-corrected chi connectivity index (χ0v) is 13.4. The smallest absolute Gasteiger partial charge is 0.246 e. The first-order valence-electron chi connectivity index (χ1n) is 7.04.